The van der Waals surface area contributed by atoms with Gasteiger partial charge in [-0.1, -0.05) is 12.2 Å². The van der Waals surface area contributed by atoms with Crippen LogP contribution < -0.4 is 15.8 Å². The van der Waals surface area contributed by atoms with E-state index in [1.807, 2.05) is 0 Å². The summed E-state index contributed by atoms with van der Waals surface area (Å²) in [7, 11) is 1.49. The molecule has 1 aromatic carbocycles. The van der Waals surface area contributed by atoms with Crippen LogP contribution in [0.15, 0.2) is 29.0 Å². The van der Waals surface area contributed by atoms with Crippen LogP contribution in [-0.4, -0.2) is 23.0 Å². The summed E-state index contributed by atoms with van der Waals surface area (Å²) in [6.07, 6.45) is 1.22. The average Bonchev–Trinajstić information content (AvgIpc) is 2.85. The Morgan fingerprint density at radius 2 is 2.25 bits per heavy atom. The molecule has 3 N–H and O–H groups in total. The van der Waals surface area contributed by atoms with Gasteiger partial charge in [-0.2, -0.15) is 0 Å². The van der Waals surface area contributed by atoms with E-state index in [0.29, 0.717) is 22.7 Å². The van der Waals surface area contributed by atoms with Crippen molar-refractivity contribution in [3.05, 3.63) is 41.6 Å². The third kappa shape index (κ3) is 2.77. The molecular formula is C13H13N3O3S. The fourth-order valence-electron chi connectivity index (χ4n) is 1.65. The lowest BCUT2D eigenvalue weighted by atomic mass is 10.2. The van der Waals surface area contributed by atoms with Gasteiger partial charge in [0.1, 0.15) is 10.7 Å². The number of amides is 1. The molecule has 1 amide bonds. The van der Waals surface area contributed by atoms with E-state index in [2.05, 4.69) is 10.3 Å². The third-order valence-corrected chi connectivity index (χ3v) is 2.92. The largest absolute Gasteiger partial charge is 0.495 e. The Bertz CT molecular complexity index is 667. The highest BCUT2D eigenvalue weighted by Crippen LogP contribution is 2.26. The molecule has 0 bridgehead atoms. The molecule has 0 aliphatic heterocycles. The molecule has 0 saturated carbocycles. The van der Waals surface area contributed by atoms with E-state index in [4.69, 9.17) is 27.1 Å². The van der Waals surface area contributed by atoms with E-state index in [1.54, 1.807) is 25.1 Å². The summed E-state index contributed by atoms with van der Waals surface area (Å²) in [4.78, 5) is 16.2. The van der Waals surface area contributed by atoms with E-state index in [0.717, 1.165) is 0 Å². The van der Waals surface area contributed by atoms with Gasteiger partial charge in [-0.3, -0.25) is 4.79 Å². The SMILES string of the molecule is COc1cc(C(N)=S)ccc1NC(=O)c1ocnc1C. The smallest absolute Gasteiger partial charge is 0.293 e. The summed E-state index contributed by atoms with van der Waals surface area (Å²) >= 11 is 4.89. The summed E-state index contributed by atoms with van der Waals surface area (Å²) in [5.41, 5.74) is 7.22. The zero-order valence-corrected chi connectivity index (χ0v) is 11.8. The van der Waals surface area contributed by atoms with Crippen LogP contribution in [0.5, 0.6) is 5.75 Å². The lowest BCUT2D eigenvalue weighted by Crippen LogP contribution is -2.14. The van der Waals surface area contributed by atoms with Crippen LogP contribution in [0.25, 0.3) is 0 Å². The number of oxazole rings is 1. The topological polar surface area (TPSA) is 90.4 Å². The van der Waals surface area contributed by atoms with Gasteiger partial charge >= 0.3 is 0 Å². The lowest BCUT2D eigenvalue weighted by Gasteiger charge is -2.11. The standard InChI is InChI=1S/C13H13N3O3S/c1-7-11(19-6-15-7)13(17)16-9-4-3-8(12(14)20)5-10(9)18-2/h3-6H,1-2H3,(H2,14,20)(H,16,17). The van der Waals surface area contributed by atoms with Crippen molar-refractivity contribution in [1.29, 1.82) is 0 Å². The highest BCUT2D eigenvalue weighted by molar-refractivity contribution is 7.80. The number of benzene rings is 1. The van der Waals surface area contributed by atoms with Crippen molar-refractivity contribution in [3.63, 3.8) is 0 Å². The first-order valence-corrected chi connectivity index (χ1v) is 6.13. The first-order valence-electron chi connectivity index (χ1n) is 5.72. The van der Waals surface area contributed by atoms with E-state index in [-0.39, 0.29) is 10.7 Å². The number of ether oxygens (including phenoxy) is 1. The molecule has 0 aliphatic carbocycles. The maximum Gasteiger partial charge on any atom is 0.293 e. The number of nitrogens with two attached hydrogens (primary N) is 1. The molecular weight excluding hydrogens is 278 g/mol. The number of aromatic nitrogens is 1. The number of carbonyl (C=O) groups is 1. The van der Waals surface area contributed by atoms with Gasteiger partial charge in [0, 0.05) is 5.56 Å². The minimum Gasteiger partial charge on any atom is -0.495 e. The van der Waals surface area contributed by atoms with E-state index in [9.17, 15) is 4.79 Å². The molecule has 0 unspecified atom stereocenters. The Hall–Kier alpha value is -2.41. The Morgan fingerprint density at radius 1 is 1.50 bits per heavy atom. The summed E-state index contributed by atoms with van der Waals surface area (Å²) in [5.74, 6) is 0.215. The Balaban J connectivity index is 2.27. The molecule has 1 aromatic heterocycles. The zero-order valence-electron chi connectivity index (χ0n) is 11.0. The second-order valence-electron chi connectivity index (χ2n) is 4.00. The van der Waals surface area contributed by atoms with Gasteiger partial charge < -0.3 is 20.2 Å². The molecule has 0 radical (unpaired) electrons. The van der Waals surface area contributed by atoms with Crippen LogP contribution in [0.1, 0.15) is 21.8 Å². The summed E-state index contributed by atoms with van der Waals surface area (Å²) < 4.78 is 10.2. The molecule has 20 heavy (non-hydrogen) atoms. The second kappa shape index (κ2) is 5.70. The van der Waals surface area contributed by atoms with E-state index < -0.39 is 5.91 Å². The minimum absolute atomic E-state index is 0.158. The predicted octanol–water partition coefficient (Wildman–Crippen LogP) is 1.88. The molecule has 0 spiro atoms. The maximum absolute atomic E-state index is 12.0. The van der Waals surface area contributed by atoms with E-state index >= 15 is 0 Å². The normalized spacial score (nSPS) is 10.1. The predicted molar refractivity (Wildman–Crippen MR) is 78.1 cm³/mol. The van der Waals surface area contributed by atoms with Crippen LogP contribution in [0.4, 0.5) is 5.69 Å². The van der Waals surface area contributed by atoms with Crippen LogP contribution in [0.2, 0.25) is 0 Å². The number of thiocarbonyl (C=S) groups is 1. The quantitative estimate of drug-likeness (QED) is 0.836. The van der Waals surface area contributed by atoms with Crippen LogP contribution >= 0.6 is 12.2 Å². The van der Waals surface area contributed by atoms with Crippen molar-refractivity contribution in [2.24, 2.45) is 5.73 Å². The molecule has 104 valence electrons. The number of anilines is 1. The number of carbonyl (C=O) groups excluding carboxylic acids is 1. The number of aryl methyl sites for hydroxylation is 1. The van der Waals surface area contributed by atoms with Gasteiger partial charge in [-0.05, 0) is 25.1 Å². The summed E-state index contributed by atoms with van der Waals surface area (Å²) in [5, 5.41) is 2.69. The molecule has 1 heterocycles. The number of hydrogen-bond donors (Lipinski definition) is 2. The molecule has 0 saturated heterocycles. The van der Waals surface area contributed by atoms with Crippen molar-refractivity contribution < 1.29 is 13.9 Å². The van der Waals surface area contributed by atoms with Gasteiger partial charge in [0.2, 0.25) is 5.76 Å². The number of nitrogens with one attached hydrogen (secondary N) is 1. The van der Waals surface area contributed by atoms with Crippen LogP contribution in [-0.2, 0) is 0 Å². The molecule has 7 heteroatoms. The molecule has 0 aliphatic rings. The summed E-state index contributed by atoms with van der Waals surface area (Å²) in [6, 6.07) is 5.02. The number of hydrogen-bond acceptors (Lipinski definition) is 5. The number of methoxy groups -OCH3 is 1. The van der Waals surface area contributed by atoms with Crippen molar-refractivity contribution in [2.75, 3.05) is 12.4 Å². The van der Waals surface area contributed by atoms with Gasteiger partial charge in [-0.25, -0.2) is 4.98 Å². The lowest BCUT2D eigenvalue weighted by molar-refractivity contribution is 0.0995. The third-order valence-electron chi connectivity index (χ3n) is 2.69. The molecule has 2 rings (SSSR count). The Labute approximate surface area is 120 Å². The Kier molecular flexibility index (Phi) is 3.99. The van der Waals surface area contributed by atoms with Gasteiger partial charge in [-0.15, -0.1) is 0 Å². The Morgan fingerprint density at radius 3 is 2.80 bits per heavy atom. The maximum atomic E-state index is 12.0. The second-order valence-corrected chi connectivity index (χ2v) is 4.44. The fourth-order valence-corrected chi connectivity index (χ4v) is 1.77. The van der Waals surface area contributed by atoms with E-state index in [1.165, 1.54) is 13.5 Å². The van der Waals surface area contributed by atoms with Crippen molar-refractivity contribution in [1.82, 2.24) is 4.98 Å². The molecule has 6 nitrogen and oxygen atoms in total. The minimum atomic E-state index is -0.402. The first-order chi connectivity index (χ1) is 9.52. The first kappa shape index (κ1) is 14.0. The molecule has 0 atom stereocenters. The number of nitrogens with zero attached hydrogens (tertiary/aromatic N) is 1. The van der Waals surface area contributed by atoms with Crippen molar-refractivity contribution in [3.8, 4) is 5.75 Å². The zero-order chi connectivity index (χ0) is 14.7. The fraction of sp³-hybridized carbons (Fsp3) is 0.154. The molecule has 0 fully saturated rings. The average molecular weight is 291 g/mol. The van der Waals surface area contributed by atoms with Crippen LogP contribution in [0.3, 0.4) is 0 Å². The van der Waals surface area contributed by atoms with Crippen molar-refractivity contribution in [2.45, 2.75) is 6.92 Å². The highest BCUT2D eigenvalue weighted by atomic mass is 32.1. The van der Waals surface area contributed by atoms with Crippen molar-refractivity contribution >= 4 is 28.8 Å². The van der Waals surface area contributed by atoms with Gasteiger partial charge in [0.15, 0.2) is 6.39 Å². The van der Waals surface area contributed by atoms with Crippen LogP contribution in [0, 0.1) is 6.92 Å². The summed E-state index contributed by atoms with van der Waals surface area (Å²) in [6.45, 7) is 1.69. The highest BCUT2D eigenvalue weighted by Gasteiger charge is 2.16. The number of rotatable bonds is 4. The monoisotopic (exact) mass is 291 g/mol. The molecule has 2 aromatic rings. The van der Waals surface area contributed by atoms with Gasteiger partial charge in [0.25, 0.3) is 5.91 Å². The van der Waals surface area contributed by atoms with Gasteiger partial charge in [0.05, 0.1) is 18.5 Å².